The van der Waals surface area contributed by atoms with E-state index in [-0.39, 0.29) is 17.2 Å². The maximum atomic E-state index is 13.1. The summed E-state index contributed by atoms with van der Waals surface area (Å²) in [7, 11) is 0. The summed E-state index contributed by atoms with van der Waals surface area (Å²) < 4.78 is 1.99. The first kappa shape index (κ1) is 16.4. The molecule has 25 heavy (non-hydrogen) atoms. The molecule has 2 aromatic rings. The Balaban J connectivity index is 1.42. The van der Waals surface area contributed by atoms with E-state index in [0.29, 0.717) is 5.92 Å². The van der Waals surface area contributed by atoms with Gasteiger partial charge in [0, 0.05) is 30.9 Å². The number of benzene rings is 1. The number of rotatable bonds is 7. The minimum absolute atomic E-state index is 0.00389. The van der Waals surface area contributed by atoms with E-state index in [4.69, 9.17) is 0 Å². The van der Waals surface area contributed by atoms with Crippen LogP contribution in [0, 0.1) is 11.3 Å². The van der Waals surface area contributed by atoms with Crippen molar-refractivity contribution in [3.05, 3.63) is 54.4 Å². The Kier molecular flexibility index (Phi) is 4.60. The summed E-state index contributed by atoms with van der Waals surface area (Å²) in [4.78, 5) is 13.1. The molecule has 2 fully saturated rings. The standard InChI is InChI=1S/C21H27N3O/c25-20(22-15-21(11-12-21)16-24-14-6-13-23-24)19(18-9-4-5-10-18)17-7-2-1-3-8-17/h1-3,6-8,13-14,18-19H,4-5,9-12,15-16H2,(H,22,25). The summed E-state index contributed by atoms with van der Waals surface area (Å²) >= 11 is 0. The minimum Gasteiger partial charge on any atom is -0.355 e. The van der Waals surface area contributed by atoms with Crippen LogP contribution in [0.1, 0.15) is 50.0 Å². The van der Waals surface area contributed by atoms with Gasteiger partial charge in [0.15, 0.2) is 0 Å². The second-order valence-electron chi connectivity index (χ2n) is 7.85. The highest BCUT2D eigenvalue weighted by Gasteiger charge is 2.44. The van der Waals surface area contributed by atoms with Crippen LogP contribution in [0.3, 0.4) is 0 Å². The lowest BCUT2D eigenvalue weighted by atomic mass is 9.84. The predicted octanol–water partition coefficient (Wildman–Crippen LogP) is 3.75. The molecule has 1 aromatic carbocycles. The molecule has 1 unspecified atom stereocenters. The summed E-state index contributed by atoms with van der Waals surface area (Å²) in [6, 6.07) is 12.3. The molecular formula is C21H27N3O. The monoisotopic (exact) mass is 337 g/mol. The van der Waals surface area contributed by atoms with Gasteiger partial charge in [0.25, 0.3) is 0 Å². The van der Waals surface area contributed by atoms with Gasteiger partial charge in [-0.2, -0.15) is 5.10 Å². The van der Waals surface area contributed by atoms with Crippen LogP contribution in [0.2, 0.25) is 0 Å². The smallest absolute Gasteiger partial charge is 0.227 e. The molecule has 1 heterocycles. The highest BCUT2D eigenvalue weighted by molar-refractivity contribution is 5.84. The van der Waals surface area contributed by atoms with Crippen molar-refractivity contribution in [1.82, 2.24) is 15.1 Å². The molecule has 4 heteroatoms. The zero-order valence-corrected chi connectivity index (χ0v) is 14.7. The molecule has 132 valence electrons. The highest BCUT2D eigenvalue weighted by Crippen LogP contribution is 2.46. The van der Waals surface area contributed by atoms with E-state index < -0.39 is 0 Å². The van der Waals surface area contributed by atoms with Crippen LogP contribution in [0.15, 0.2) is 48.8 Å². The normalized spacial score (nSPS) is 20.3. The van der Waals surface area contributed by atoms with E-state index in [1.807, 2.05) is 41.3 Å². The number of nitrogens with zero attached hydrogens (tertiary/aromatic N) is 2. The lowest BCUT2D eigenvalue weighted by molar-refractivity contribution is -0.124. The molecule has 1 N–H and O–H groups in total. The Labute approximate surface area is 149 Å². The van der Waals surface area contributed by atoms with Crippen molar-refractivity contribution in [2.45, 2.75) is 51.0 Å². The maximum Gasteiger partial charge on any atom is 0.227 e. The van der Waals surface area contributed by atoms with Crippen molar-refractivity contribution in [3.63, 3.8) is 0 Å². The van der Waals surface area contributed by atoms with E-state index in [1.54, 1.807) is 0 Å². The van der Waals surface area contributed by atoms with Crippen LogP contribution in [0.25, 0.3) is 0 Å². The Morgan fingerprint density at radius 1 is 1.20 bits per heavy atom. The summed E-state index contributed by atoms with van der Waals surface area (Å²) in [6.07, 6.45) is 11.0. The van der Waals surface area contributed by atoms with Crippen molar-refractivity contribution in [2.75, 3.05) is 6.54 Å². The molecule has 1 amide bonds. The second kappa shape index (κ2) is 7.03. The molecule has 2 aliphatic carbocycles. The maximum absolute atomic E-state index is 13.1. The van der Waals surface area contributed by atoms with Gasteiger partial charge in [0.05, 0.1) is 5.92 Å². The molecular weight excluding hydrogens is 310 g/mol. The molecule has 0 aliphatic heterocycles. The van der Waals surface area contributed by atoms with Gasteiger partial charge in [0.1, 0.15) is 0 Å². The van der Waals surface area contributed by atoms with Crippen LogP contribution in [-0.2, 0) is 11.3 Å². The van der Waals surface area contributed by atoms with Crippen molar-refractivity contribution in [2.24, 2.45) is 11.3 Å². The first-order valence-electron chi connectivity index (χ1n) is 9.56. The fraction of sp³-hybridized carbons (Fsp3) is 0.524. The van der Waals surface area contributed by atoms with Gasteiger partial charge in [-0.15, -0.1) is 0 Å². The number of carbonyl (C=O) groups excluding carboxylic acids is 1. The van der Waals surface area contributed by atoms with Crippen molar-refractivity contribution < 1.29 is 4.79 Å². The quantitative estimate of drug-likeness (QED) is 0.836. The molecule has 0 saturated heterocycles. The zero-order chi connectivity index (χ0) is 17.1. The number of amides is 1. The molecule has 0 radical (unpaired) electrons. The summed E-state index contributed by atoms with van der Waals surface area (Å²) in [5, 5.41) is 7.61. The molecule has 4 nitrogen and oxygen atoms in total. The van der Waals surface area contributed by atoms with E-state index in [9.17, 15) is 4.79 Å². The van der Waals surface area contributed by atoms with E-state index >= 15 is 0 Å². The predicted molar refractivity (Wildman–Crippen MR) is 98.0 cm³/mol. The number of aromatic nitrogens is 2. The molecule has 0 bridgehead atoms. The number of carbonyl (C=O) groups is 1. The molecule has 1 atom stereocenters. The molecule has 1 aromatic heterocycles. The Morgan fingerprint density at radius 2 is 1.96 bits per heavy atom. The summed E-state index contributed by atoms with van der Waals surface area (Å²) in [5.74, 6) is 0.706. The number of nitrogens with one attached hydrogen (secondary N) is 1. The van der Waals surface area contributed by atoms with Crippen molar-refractivity contribution in [1.29, 1.82) is 0 Å². The van der Waals surface area contributed by atoms with Crippen LogP contribution in [0.5, 0.6) is 0 Å². The Morgan fingerprint density at radius 3 is 2.60 bits per heavy atom. The number of hydrogen-bond donors (Lipinski definition) is 1. The van der Waals surface area contributed by atoms with Gasteiger partial charge < -0.3 is 5.32 Å². The molecule has 2 aliphatic rings. The average molecular weight is 337 g/mol. The van der Waals surface area contributed by atoms with Gasteiger partial charge in [-0.25, -0.2) is 0 Å². The lowest BCUT2D eigenvalue weighted by Gasteiger charge is -2.25. The topological polar surface area (TPSA) is 46.9 Å². The third-order valence-corrected chi connectivity index (χ3v) is 5.96. The largest absolute Gasteiger partial charge is 0.355 e. The lowest BCUT2D eigenvalue weighted by Crippen LogP contribution is -2.37. The summed E-state index contributed by atoms with van der Waals surface area (Å²) in [6.45, 7) is 1.67. The molecule has 4 rings (SSSR count). The highest BCUT2D eigenvalue weighted by atomic mass is 16.1. The molecule has 0 spiro atoms. The van der Waals surface area contributed by atoms with Gasteiger partial charge in [0.2, 0.25) is 5.91 Å². The molecule has 2 saturated carbocycles. The average Bonchev–Trinajstić information content (AvgIpc) is 3.03. The number of hydrogen-bond acceptors (Lipinski definition) is 2. The summed E-state index contributed by atoms with van der Waals surface area (Å²) in [5.41, 5.74) is 1.38. The second-order valence-corrected chi connectivity index (χ2v) is 7.85. The first-order chi connectivity index (χ1) is 12.3. The zero-order valence-electron chi connectivity index (χ0n) is 14.7. The van der Waals surface area contributed by atoms with Crippen LogP contribution < -0.4 is 5.32 Å². The first-order valence-corrected chi connectivity index (χ1v) is 9.56. The van der Waals surface area contributed by atoms with E-state index in [0.717, 1.165) is 13.1 Å². The fourth-order valence-electron chi connectivity index (χ4n) is 4.28. The van der Waals surface area contributed by atoms with Gasteiger partial charge in [-0.1, -0.05) is 43.2 Å². The van der Waals surface area contributed by atoms with Gasteiger partial charge in [-0.05, 0) is 43.2 Å². The van der Waals surface area contributed by atoms with Crippen LogP contribution in [-0.4, -0.2) is 22.2 Å². The van der Waals surface area contributed by atoms with Gasteiger partial charge in [-0.3, -0.25) is 9.48 Å². The van der Waals surface area contributed by atoms with Crippen molar-refractivity contribution in [3.8, 4) is 0 Å². The third-order valence-electron chi connectivity index (χ3n) is 5.96. The fourth-order valence-corrected chi connectivity index (χ4v) is 4.28. The van der Waals surface area contributed by atoms with E-state index in [1.165, 1.54) is 44.1 Å². The van der Waals surface area contributed by atoms with Crippen molar-refractivity contribution >= 4 is 5.91 Å². The Bertz CT molecular complexity index is 685. The Hall–Kier alpha value is -2.10. The SMILES string of the molecule is O=C(NCC1(Cn2cccn2)CC1)C(c1ccccc1)C1CCCC1. The van der Waals surface area contributed by atoms with E-state index in [2.05, 4.69) is 22.5 Å². The third kappa shape index (κ3) is 3.78. The minimum atomic E-state index is 0.00389. The van der Waals surface area contributed by atoms with Crippen LogP contribution in [0.4, 0.5) is 0 Å². The van der Waals surface area contributed by atoms with Gasteiger partial charge >= 0.3 is 0 Å². The van der Waals surface area contributed by atoms with Crippen LogP contribution >= 0.6 is 0 Å².